The van der Waals surface area contributed by atoms with Gasteiger partial charge in [0.1, 0.15) is 5.60 Å². The molecule has 3 N–H and O–H groups in total. The molecule has 2 rings (SSSR count). The fourth-order valence-electron chi connectivity index (χ4n) is 2.73. The number of aliphatic hydroxyl groups is 1. The number of nitrogens with one attached hydrogen (secondary N) is 1. The van der Waals surface area contributed by atoms with Crippen molar-refractivity contribution in [3.05, 3.63) is 0 Å². The molecule has 0 radical (unpaired) electrons. The molecule has 2 fully saturated rings. The monoisotopic (exact) mass is 199 g/mol. The minimum absolute atomic E-state index is 0.430. The third-order valence-electron chi connectivity index (χ3n) is 3.84. The fraction of sp³-hybridized carbons (Fsp3) is 0.900. The molecule has 1 saturated heterocycles. The Bertz CT molecular complexity index is 242. The van der Waals surface area contributed by atoms with Crippen molar-refractivity contribution in [2.24, 2.45) is 5.41 Å². The van der Waals surface area contributed by atoms with Gasteiger partial charge in [0.15, 0.2) is 0 Å². The largest absolute Gasteiger partial charge is 0.481 e. The molecule has 2 aliphatic rings. The van der Waals surface area contributed by atoms with Crippen LogP contribution in [0.2, 0.25) is 0 Å². The van der Waals surface area contributed by atoms with Gasteiger partial charge in [0.25, 0.3) is 0 Å². The van der Waals surface area contributed by atoms with E-state index >= 15 is 0 Å². The third-order valence-corrected chi connectivity index (χ3v) is 3.84. The Balaban J connectivity index is 2.24. The van der Waals surface area contributed by atoms with E-state index in [0.29, 0.717) is 25.9 Å². The highest BCUT2D eigenvalue weighted by Crippen LogP contribution is 2.46. The average Bonchev–Trinajstić information content (AvgIpc) is 2.15. The van der Waals surface area contributed by atoms with E-state index in [4.69, 9.17) is 0 Å². The van der Waals surface area contributed by atoms with Gasteiger partial charge in [-0.25, -0.2) is 0 Å². The first-order valence-electron chi connectivity index (χ1n) is 5.27. The van der Waals surface area contributed by atoms with E-state index in [2.05, 4.69) is 5.32 Å². The minimum Gasteiger partial charge on any atom is -0.481 e. The summed E-state index contributed by atoms with van der Waals surface area (Å²) in [4.78, 5) is 11.3. The van der Waals surface area contributed by atoms with Gasteiger partial charge in [0, 0.05) is 13.1 Å². The molecular formula is C10H17NO3. The molecule has 0 aromatic rings. The standard InChI is InChI=1S/C10H17NO3/c12-8(13)9(4-2-1-3-5-9)10(14)6-11-7-10/h11,14H,1-7H2,(H,12,13). The molecule has 0 atom stereocenters. The Labute approximate surface area is 83.3 Å². The first kappa shape index (κ1) is 9.93. The number of rotatable bonds is 2. The molecule has 0 spiro atoms. The summed E-state index contributed by atoms with van der Waals surface area (Å²) in [5.41, 5.74) is -1.88. The number of carboxylic acids is 1. The van der Waals surface area contributed by atoms with Gasteiger partial charge in [-0.2, -0.15) is 0 Å². The topological polar surface area (TPSA) is 69.6 Å². The zero-order chi connectivity index (χ0) is 10.2. The molecule has 80 valence electrons. The van der Waals surface area contributed by atoms with Crippen LogP contribution in [-0.2, 0) is 4.79 Å². The van der Waals surface area contributed by atoms with Crippen LogP contribution >= 0.6 is 0 Å². The van der Waals surface area contributed by atoms with Crippen LogP contribution in [0.5, 0.6) is 0 Å². The molecule has 0 aromatic heterocycles. The highest BCUT2D eigenvalue weighted by molar-refractivity contribution is 5.77. The molecule has 14 heavy (non-hydrogen) atoms. The summed E-state index contributed by atoms with van der Waals surface area (Å²) < 4.78 is 0. The molecule has 1 aliphatic heterocycles. The molecule has 0 unspecified atom stereocenters. The normalized spacial score (nSPS) is 29.2. The maximum Gasteiger partial charge on any atom is 0.312 e. The molecule has 0 bridgehead atoms. The molecule has 1 heterocycles. The number of aliphatic carboxylic acids is 1. The third kappa shape index (κ3) is 1.17. The van der Waals surface area contributed by atoms with Crippen molar-refractivity contribution >= 4 is 5.97 Å². The number of hydrogen-bond acceptors (Lipinski definition) is 3. The van der Waals surface area contributed by atoms with Crippen LogP contribution < -0.4 is 5.32 Å². The summed E-state index contributed by atoms with van der Waals surface area (Å²) >= 11 is 0. The quantitative estimate of drug-likeness (QED) is 0.600. The van der Waals surface area contributed by atoms with E-state index in [-0.39, 0.29) is 0 Å². The molecule has 4 heteroatoms. The maximum absolute atomic E-state index is 11.3. The molecule has 4 nitrogen and oxygen atoms in total. The summed E-state index contributed by atoms with van der Waals surface area (Å²) in [5, 5.41) is 22.5. The predicted octanol–water partition coefficient (Wildman–Crippen LogP) is 0.356. The Hall–Kier alpha value is -0.610. The van der Waals surface area contributed by atoms with Gasteiger partial charge >= 0.3 is 5.97 Å². The molecule has 1 aliphatic carbocycles. The SMILES string of the molecule is O=C(O)C1(C2(O)CNC2)CCCCC1. The van der Waals surface area contributed by atoms with Crippen molar-refractivity contribution in [2.75, 3.05) is 13.1 Å². The number of hydrogen-bond donors (Lipinski definition) is 3. The van der Waals surface area contributed by atoms with E-state index in [9.17, 15) is 15.0 Å². The zero-order valence-electron chi connectivity index (χ0n) is 8.25. The van der Waals surface area contributed by atoms with Crippen LogP contribution in [0, 0.1) is 5.41 Å². The first-order chi connectivity index (χ1) is 6.61. The van der Waals surface area contributed by atoms with E-state index in [1.807, 2.05) is 0 Å². The predicted molar refractivity (Wildman–Crippen MR) is 51.0 cm³/mol. The Kier molecular flexibility index (Phi) is 2.27. The summed E-state index contributed by atoms with van der Waals surface area (Å²) in [5.74, 6) is -0.818. The average molecular weight is 199 g/mol. The van der Waals surface area contributed by atoms with Gasteiger partial charge in [-0.3, -0.25) is 4.79 Å². The smallest absolute Gasteiger partial charge is 0.312 e. The maximum atomic E-state index is 11.3. The second kappa shape index (κ2) is 3.21. The lowest BCUT2D eigenvalue weighted by molar-refractivity contribution is -0.184. The number of carbonyl (C=O) groups is 1. The Morgan fingerprint density at radius 3 is 2.07 bits per heavy atom. The van der Waals surface area contributed by atoms with Crippen molar-refractivity contribution in [1.29, 1.82) is 0 Å². The van der Waals surface area contributed by atoms with E-state index in [0.717, 1.165) is 19.3 Å². The second-order valence-electron chi connectivity index (χ2n) is 4.58. The lowest BCUT2D eigenvalue weighted by Crippen LogP contribution is -2.71. The van der Waals surface area contributed by atoms with Crippen LogP contribution in [0.4, 0.5) is 0 Å². The Morgan fingerprint density at radius 1 is 1.14 bits per heavy atom. The number of carboxylic acid groups (broad SMARTS) is 1. The summed E-state index contributed by atoms with van der Waals surface area (Å²) in [6.45, 7) is 0.860. The van der Waals surface area contributed by atoms with Crippen LogP contribution in [0.25, 0.3) is 0 Å². The first-order valence-corrected chi connectivity index (χ1v) is 5.27. The van der Waals surface area contributed by atoms with Crippen LogP contribution in [0.3, 0.4) is 0 Å². The molecular weight excluding hydrogens is 182 g/mol. The van der Waals surface area contributed by atoms with Crippen molar-refractivity contribution in [3.8, 4) is 0 Å². The molecule has 1 saturated carbocycles. The minimum atomic E-state index is -1.00. The van der Waals surface area contributed by atoms with Crippen molar-refractivity contribution in [1.82, 2.24) is 5.32 Å². The second-order valence-corrected chi connectivity index (χ2v) is 4.58. The van der Waals surface area contributed by atoms with Gasteiger partial charge in [-0.1, -0.05) is 19.3 Å². The van der Waals surface area contributed by atoms with Crippen LogP contribution in [0.1, 0.15) is 32.1 Å². The summed E-state index contributed by atoms with van der Waals surface area (Å²) in [7, 11) is 0. The van der Waals surface area contributed by atoms with Gasteiger partial charge in [-0.05, 0) is 12.8 Å². The summed E-state index contributed by atoms with van der Waals surface area (Å²) in [6, 6.07) is 0. The Morgan fingerprint density at radius 2 is 1.71 bits per heavy atom. The van der Waals surface area contributed by atoms with Gasteiger partial charge in [0.05, 0.1) is 5.41 Å². The van der Waals surface area contributed by atoms with E-state index in [1.54, 1.807) is 0 Å². The molecule has 0 aromatic carbocycles. The van der Waals surface area contributed by atoms with E-state index in [1.165, 1.54) is 0 Å². The lowest BCUT2D eigenvalue weighted by atomic mass is 9.61. The van der Waals surface area contributed by atoms with E-state index < -0.39 is 17.0 Å². The number of β-amino-alcohol motifs (C(OH)–C–C–N with tert-alkyl or cyclic N) is 1. The van der Waals surface area contributed by atoms with Crippen LogP contribution in [-0.4, -0.2) is 34.9 Å². The molecule has 0 amide bonds. The van der Waals surface area contributed by atoms with Crippen molar-refractivity contribution in [3.63, 3.8) is 0 Å². The van der Waals surface area contributed by atoms with Gasteiger partial charge in [0.2, 0.25) is 0 Å². The van der Waals surface area contributed by atoms with Crippen LogP contribution in [0.15, 0.2) is 0 Å². The van der Waals surface area contributed by atoms with Gasteiger partial charge in [-0.15, -0.1) is 0 Å². The lowest BCUT2D eigenvalue weighted by Gasteiger charge is -2.51. The zero-order valence-corrected chi connectivity index (χ0v) is 8.25. The van der Waals surface area contributed by atoms with Crippen molar-refractivity contribution < 1.29 is 15.0 Å². The highest BCUT2D eigenvalue weighted by atomic mass is 16.4. The highest BCUT2D eigenvalue weighted by Gasteiger charge is 2.58. The van der Waals surface area contributed by atoms with Gasteiger partial charge < -0.3 is 15.5 Å². The van der Waals surface area contributed by atoms with Crippen molar-refractivity contribution in [2.45, 2.75) is 37.7 Å². The summed E-state index contributed by atoms with van der Waals surface area (Å²) in [6.07, 6.45) is 4.20. The fourth-order valence-corrected chi connectivity index (χ4v) is 2.73.